The van der Waals surface area contributed by atoms with E-state index in [0.29, 0.717) is 11.9 Å². The zero-order valence-electron chi connectivity index (χ0n) is 13.5. The molecule has 0 bridgehead atoms. The van der Waals surface area contributed by atoms with E-state index in [-0.39, 0.29) is 0 Å². The van der Waals surface area contributed by atoms with E-state index in [9.17, 15) is 0 Å². The molecule has 3 rings (SSSR count). The fraction of sp³-hybridized carbons (Fsp3) is 0.200. The predicted molar refractivity (Wildman–Crippen MR) is 96.1 cm³/mol. The van der Waals surface area contributed by atoms with E-state index >= 15 is 0 Å². The largest absolute Gasteiger partial charge is 0.439 e. The number of hydrogen-bond donors (Lipinski definition) is 1. The molecule has 2 aromatic carbocycles. The summed E-state index contributed by atoms with van der Waals surface area (Å²) < 4.78 is 5.90. The van der Waals surface area contributed by atoms with Gasteiger partial charge in [0.2, 0.25) is 5.88 Å². The Morgan fingerprint density at radius 1 is 1.09 bits per heavy atom. The van der Waals surface area contributed by atoms with Crippen LogP contribution >= 0.6 is 0 Å². The minimum absolute atomic E-state index is 0.381. The highest BCUT2D eigenvalue weighted by Crippen LogP contribution is 2.25. The molecule has 0 saturated heterocycles. The molecule has 3 aromatic rings. The van der Waals surface area contributed by atoms with Crippen LogP contribution in [0.15, 0.2) is 54.6 Å². The van der Waals surface area contributed by atoms with Gasteiger partial charge in [-0.05, 0) is 63.1 Å². The minimum atomic E-state index is 0.381. The fourth-order valence-corrected chi connectivity index (χ4v) is 2.47. The van der Waals surface area contributed by atoms with Gasteiger partial charge in [0.05, 0.1) is 5.52 Å². The van der Waals surface area contributed by atoms with Gasteiger partial charge in [0, 0.05) is 29.2 Å². The zero-order chi connectivity index (χ0) is 16.2. The van der Waals surface area contributed by atoms with Crippen LogP contribution < -0.4 is 10.1 Å². The molecule has 0 unspecified atom stereocenters. The molecule has 1 radical (unpaired) electrons. The number of rotatable bonds is 5. The number of fused-ring (bicyclic) bond motifs is 1. The molecule has 0 aliphatic carbocycles. The van der Waals surface area contributed by atoms with Crippen molar-refractivity contribution in [3.8, 4) is 11.6 Å². The van der Waals surface area contributed by atoms with E-state index in [1.165, 1.54) is 5.56 Å². The van der Waals surface area contributed by atoms with Crippen molar-refractivity contribution < 1.29 is 4.74 Å². The van der Waals surface area contributed by atoms with Gasteiger partial charge in [-0.15, -0.1) is 0 Å². The molecule has 0 fully saturated rings. The third-order valence-corrected chi connectivity index (χ3v) is 3.53. The first-order chi connectivity index (χ1) is 11.1. The van der Waals surface area contributed by atoms with Gasteiger partial charge in [0.25, 0.3) is 0 Å². The summed E-state index contributed by atoms with van der Waals surface area (Å²) in [6, 6.07) is 18.4. The summed E-state index contributed by atoms with van der Waals surface area (Å²) in [7, 11) is 0. The Labute approximate surface area is 137 Å². The first-order valence-electron chi connectivity index (χ1n) is 7.87. The number of anilines is 1. The standard InChI is InChI=1S/C20H21N2O/c1-4-15-8-10-19-16(12-15)9-11-20(22-19)23-18-7-5-6-17(13-18)21-14(2)3/h5-14,21H,1,4H2,2-3H3. The van der Waals surface area contributed by atoms with Crippen LogP contribution in [0.2, 0.25) is 0 Å². The summed E-state index contributed by atoms with van der Waals surface area (Å²) in [6.45, 7) is 8.13. The topological polar surface area (TPSA) is 34.1 Å². The minimum Gasteiger partial charge on any atom is -0.439 e. The van der Waals surface area contributed by atoms with Gasteiger partial charge in [-0.1, -0.05) is 12.1 Å². The van der Waals surface area contributed by atoms with E-state index in [1.807, 2.05) is 42.5 Å². The molecule has 3 nitrogen and oxygen atoms in total. The molecule has 0 amide bonds. The van der Waals surface area contributed by atoms with Crippen LogP contribution in [0, 0.1) is 6.92 Å². The Balaban J connectivity index is 1.83. The van der Waals surface area contributed by atoms with Gasteiger partial charge < -0.3 is 10.1 Å². The van der Waals surface area contributed by atoms with Gasteiger partial charge in [-0.25, -0.2) is 4.98 Å². The van der Waals surface area contributed by atoms with Gasteiger partial charge in [0.15, 0.2) is 0 Å². The maximum atomic E-state index is 5.90. The van der Waals surface area contributed by atoms with E-state index in [0.717, 1.165) is 28.8 Å². The molecule has 117 valence electrons. The van der Waals surface area contributed by atoms with E-state index in [1.54, 1.807) is 0 Å². The van der Waals surface area contributed by atoms with Crippen molar-refractivity contribution in [2.24, 2.45) is 0 Å². The first kappa shape index (κ1) is 15.3. The number of pyridine rings is 1. The molecule has 1 heterocycles. The van der Waals surface area contributed by atoms with Crippen LogP contribution in [0.5, 0.6) is 11.6 Å². The molecule has 1 aromatic heterocycles. The summed E-state index contributed by atoms with van der Waals surface area (Å²) in [5, 5.41) is 4.47. The SMILES string of the molecule is [CH2]Cc1ccc2nc(Oc3cccc(NC(C)C)c3)ccc2c1. The third kappa shape index (κ3) is 3.81. The van der Waals surface area contributed by atoms with Crippen LogP contribution in [0.25, 0.3) is 10.9 Å². The Hall–Kier alpha value is -2.55. The van der Waals surface area contributed by atoms with Crippen molar-refractivity contribution in [2.45, 2.75) is 26.3 Å². The smallest absolute Gasteiger partial charge is 0.219 e. The molecule has 1 N–H and O–H groups in total. The highest BCUT2D eigenvalue weighted by atomic mass is 16.5. The van der Waals surface area contributed by atoms with Gasteiger partial charge in [-0.2, -0.15) is 0 Å². The normalized spacial score (nSPS) is 11.0. The maximum Gasteiger partial charge on any atom is 0.219 e. The highest BCUT2D eigenvalue weighted by Gasteiger charge is 2.03. The second kappa shape index (κ2) is 6.69. The van der Waals surface area contributed by atoms with Crippen LogP contribution in [0.3, 0.4) is 0 Å². The Morgan fingerprint density at radius 3 is 2.74 bits per heavy atom. The van der Waals surface area contributed by atoms with Crippen molar-refractivity contribution in [3.05, 3.63) is 67.1 Å². The maximum absolute atomic E-state index is 5.90. The van der Waals surface area contributed by atoms with Crippen LogP contribution in [-0.4, -0.2) is 11.0 Å². The van der Waals surface area contributed by atoms with E-state index in [4.69, 9.17) is 4.74 Å². The molecular weight excluding hydrogens is 284 g/mol. The van der Waals surface area contributed by atoms with Gasteiger partial charge in [0.1, 0.15) is 5.75 Å². The van der Waals surface area contributed by atoms with Crippen molar-refractivity contribution in [3.63, 3.8) is 0 Å². The summed E-state index contributed by atoms with van der Waals surface area (Å²) >= 11 is 0. The predicted octanol–water partition coefficient (Wildman–Crippen LogP) is 5.22. The van der Waals surface area contributed by atoms with Gasteiger partial charge in [-0.3, -0.25) is 0 Å². The molecule has 0 atom stereocenters. The van der Waals surface area contributed by atoms with Crippen molar-refractivity contribution in [1.82, 2.24) is 4.98 Å². The number of aromatic nitrogens is 1. The number of benzene rings is 2. The van der Waals surface area contributed by atoms with Crippen LogP contribution in [0.1, 0.15) is 19.4 Å². The quantitative estimate of drug-likeness (QED) is 0.701. The average molecular weight is 305 g/mol. The Kier molecular flexibility index (Phi) is 4.47. The monoisotopic (exact) mass is 305 g/mol. The molecule has 23 heavy (non-hydrogen) atoms. The first-order valence-corrected chi connectivity index (χ1v) is 7.87. The fourth-order valence-electron chi connectivity index (χ4n) is 2.47. The Morgan fingerprint density at radius 2 is 1.96 bits per heavy atom. The third-order valence-electron chi connectivity index (χ3n) is 3.53. The van der Waals surface area contributed by atoms with Crippen molar-refractivity contribution in [1.29, 1.82) is 0 Å². The average Bonchev–Trinajstić information content (AvgIpc) is 2.54. The lowest BCUT2D eigenvalue weighted by molar-refractivity contribution is 0.465. The summed E-state index contributed by atoms with van der Waals surface area (Å²) in [4.78, 5) is 4.57. The molecule has 0 spiro atoms. The lowest BCUT2D eigenvalue weighted by Crippen LogP contribution is -2.09. The van der Waals surface area contributed by atoms with Gasteiger partial charge >= 0.3 is 0 Å². The van der Waals surface area contributed by atoms with E-state index < -0.39 is 0 Å². The second-order valence-electron chi connectivity index (χ2n) is 5.86. The summed E-state index contributed by atoms with van der Waals surface area (Å²) in [6.07, 6.45) is 0.782. The molecule has 0 aliphatic rings. The highest BCUT2D eigenvalue weighted by molar-refractivity contribution is 5.79. The number of hydrogen-bond acceptors (Lipinski definition) is 3. The lowest BCUT2D eigenvalue weighted by atomic mass is 10.1. The molecule has 0 aliphatic heterocycles. The number of nitrogens with zero attached hydrogens (tertiary/aromatic N) is 1. The summed E-state index contributed by atoms with van der Waals surface area (Å²) in [5.74, 6) is 1.37. The summed E-state index contributed by atoms with van der Waals surface area (Å²) in [5.41, 5.74) is 3.18. The van der Waals surface area contributed by atoms with Crippen molar-refractivity contribution in [2.75, 3.05) is 5.32 Å². The van der Waals surface area contributed by atoms with Crippen LogP contribution in [0.4, 0.5) is 5.69 Å². The van der Waals surface area contributed by atoms with Crippen molar-refractivity contribution >= 4 is 16.6 Å². The zero-order valence-corrected chi connectivity index (χ0v) is 13.5. The molecule has 0 saturated carbocycles. The van der Waals surface area contributed by atoms with E-state index in [2.05, 4.69) is 43.2 Å². The Bertz CT molecular complexity index is 812. The van der Waals surface area contributed by atoms with Crippen LogP contribution in [-0.2, 0) is 6.42 Å². The number of nitrogens with one attached hydrogen (secondary N) is 1. The molecular formula is C20H21N2O. The second-order valence-corrected chi connectivity index (χ2v) is 5.86. The number of ether oxygens (including phenoxy) is 1. The lowest BCUT2D eigenvalue weighted by Gasteiger charge is -2.12. The molecule has 3 heteroatoms.